The average molecular weight is 330 g/mol. The molecule has 1 aliphatic heterocycles. The van der Waals surface area contributed by atoms with E-state index in [0.29, 0.717) is 12.0 Å². The van der Waals surface area contributed by atoms with E-state index in [4.69, 9.17) is 9.73 Å². The second-order valence-corrected chi connectivity index (χ2v) is 6.66. The van der Waals surface area contributed by atoms with E-state index >= 15 is 0 Å². The number of hydrogen-bond acceptors (Lipinski definition) is 3. The molecule has 5 heteroatoms. The summed E-state index contributed by atoms with van der Waals surface area (Å²) in [7, 11) is 0. The van der Waals surface area contributed by atoms with Crippen LogP contribution in [0.3, 0.4) is 0 Å². The SMILES string of the molecule is CCNC(=NCCN1CCOCC1)NC1CC1c1ccccc1C. The maximum Gasteiger partial charge on any atom is 0.191 e. The highest BCUT2D eigenvalue weighted by molar-refractivity contribution is 5.80. The van der Waals surface area contributed by atoms with Crippen LogP contribution in [0.4, 0.5) is 0 Å². The molecule has 0 bridgehead atoms. The van der Waals surface area contributed by atoms with Gasteiger partial charge in [0.15, 0.2) is 5.96 Å². The molecular formula is C19H30N4O. The lowest BCUT2D eigenvalue weighted by Gasteiger charge is -2.25. The molecule has 2 fully saturated rings. The molecule has 132 valence electrons. The number of benzene rings is 1. The molecule has 1 aliphatic carbocycles. The van der Waals surface area contributed by atoms with E-state index in [2.05, 4.69) is 53.6 Å². The van der Waals surface area contributed by atoms with E-state index in [-0.39, 0.29) is 0 Å². The van der Waals surface area contributed by atoms with Crippen molar-refractivity contribution in [3.05, 3.63) is 35.4 Å². The highest BCUT2D eigenvalue weighted by Crippen LogP contribution is 2.41. The van der Waals surface area contributed by atoms with Crippen LogP contribution in [0, 0.1) is 6.92 Å². The molecule has 5 nitrogen and oxygen atoms in total. The number of hydrogen-bond donors (Lipinski definition) is 2. The van der Waals surface area contributed by atoms with Gasteiger partial charge in [0.25, 0.3) is 0 Å². The van der Waals surface area contributed by atoms with Gasteiger partial charge in [-0.2, -0.15) is 0 Å². The van der Waals surface area contributed by atoms with E-state index in [9.17, 15) is 0 Å². The van der Waals surface area contributed by atoms with Gasteiger partial charge in [0.05, 0.1) is 19.8 Å². The second kappa shape index (κ2) is 8.49. The number of ether oxygens (including phenoxy) is 1. The van der Waals surface area contributed by atoms with Crippen molar-refractivity contribution in [2.75, 3.05) is 45.9 Å². The Hall–Kier alpha value is -1.59. The minimum Gasteiger partial charge on any atom is -0.379 e. The van der Waals surface area contributed by atoms with Crippen molar-refractivity contribution < 1.29 is 4.74 Å². The Kier molecular flexibility index (Phi) is 6.10. The van der Waals surface area contributed by atoms with Crippen molar-refractivity contribution in [1.82, 2.24) is 15.5 Å². The first-order valence-electron chi connectivity index (χ1n) is 9.18. The van der Waals surface area contributed by atoms with E-state index < -0.39 is 0 Å². The summed E-state index contributed by atoms with van der Waals surface area (Å²) in [6.45, 7) is 10.8. The smallest absolute Gasteiger partial charge is 0.191 e. The third-order valence-corrected chi connectivity index (χ3v) is 4.83. The van der Waals surface area contributed by atoms with Crippen LogP contribution in [0.2, 0.25) is 0 Å². The molecular weight excluding hydrogens is 300 g/mol. The fraction of sp³-hybridized carbons (Fsp3) is 0.632. The summed E-state index contributed by atoms with van der Waals surface area (Å²) in [6.07, 6.45) is 1.19. The van der Waals surface area contributed by atoms with Crippen LogP contribution < -0.4 is 10.6 Å². The summed E-state index contributed by atoms with van der Waals surface area (Å²) < 4.78 is 5.39. The van der Waals surface area contributed by atoms with Crippen LogP contribution in [0.15, 0.2) is 29.3 Å². The molecule has 1 heterocycles. The largest absolute Gasteiger partial charge is 0.379 e. The molecule has 0 aromatic heterocycles. The Balaban J connectivity index is 1.49. The predicted molar refractivity (Wildman–Crippen MR) is 98.7 cm³/mol. The Bertz CT molecular complexity index is 554. The van der Waals surface area contributed by atoms with E-state index in [1.54, 1.807) is 0 Å². The zero-order valence-electron chi connectivity index (χ0n) is 14.9. The average Bonchev–Trinajstić information content (AvgIpc) is 3.35. The van der Waals surface area contributed by atoms with Crippen molar-refractivity contribution in [2.24, 2.45) is 4.99 Å². The quantitative estimate of drug-likeness (QED) is 0.616. The summed E-state index contributed by atoms with van der Waals surface area (Å²) in [5, 5.41) is 6.98. The molecule has 0 amide bonds. The molecule has 1 aromatic carbocycles. The first kappa shape index (κ1) is 17.2. The maximum atomic E-state index is 5.39. The lowest BCUT2D eigenvalue weighted by atomic mass is 10.0. The number of aryl methyl sites for hydroxylation is 1. The van der Waals surface area contributed by atoms with E-state index in [1.807, 2.05) is 0 Å². The Morgan fingerprint density at radius 3 is 2.83 bits per heavy atom. The first-order valence-corrected chi connectivity index (χ1v) is 9.18. The van der Waals surface area contributed by atoms with Gasteiger partial charge in [-0.05, 0) is 31.4 Å². The molecule has 3 rings (SSSR count). The molecule has 0 radical (unpaired) electrons. The molecule has 2 N–H and O–H groups in total. The fourth-order valence-corrected chi connectivity index (χ4v) is 3.32. The Morgan fingerprint density at radius 1 is 1.29 bits per heavy atom. The summed E-state index contributed by atoms with van der Waals surface area (Å²) in [5.41, 5.74) is 2.86. The Morgan fingerprint density at radius 2 is 2.08 bits per heavy atom. The molecule has 1 aromatic rings. The molecule has 1 saturated carbocycles. The van der Waals surface area contributed by atoms with Gasteiger partial charge in [0.2, 0.25) is 0 Å². The minimum atomic E-state index is 0.507. The van der Waals surface area contributed by atoms with Gasteiger partial charge in [0.1, 0.15) is 0 Å². The summed E-state index contributed by atoms with van der Waals surface area (Å²) >= 11 is 0. The number of rotatable bonds is 6. The van der Waals surface area contributed by atoms with E-state index in [0.717, 1.165) is 51.9 Å². The van der Waals surface area contributed by atoms with Crippen molar-refractivity contribution in [1.29, 1.82) is 0 Å². The van der Waals surface area contributed by atoms with Crippen molar-refractivity contribution in [2.45, 2.75) is 32.2 Å². The fourth-order valence-electron chi connectivity index (χ4n) is 3.32. The number of morpholine rings is 1. The predicted octanol–water partition coefficient (Wildman–Crippen LogP) is 1.74. The van der Waals surface area contributed by atoms with Crippen molar-refractivity contribution >= 4 is 5.96 Å². The molecule has 24 heavy (non-hydrogen) atoms. The lowest BCUT2D eigenvalue weighted by molar-refractivity contribution is 0.0394. The van der Waals surface area contributed by atoms with Gasteiger partial charge in [-0.1, -0.05) is 24.3 Å². The summed E-state index contributed by atoms with van der Waals surface area (Å²) in [6, 6.07) is 9.21. The standard InChI is InChI=1S/C19H30N4O/c1-3-20-19(21-8-9-23-10-12-24-13-11-23)22-18-14-17(18)16-7-5-4-6-15(16)2/h4-7,17-18H,3,8-14H2,1-2H3,(H2,20,21,22). The van der Waals surface area contributed by atoms with Crippen LogP contribution >= 0.6 is 0 Å². The van der Waals surface area contributed by atoms with Crippen LogP contribution in [0.1, 0.15) is 30.4 Å². The first-order chi connectivity index (χ1) is 11.8. The van der Waals surface area contributed by atoms with Gasteiger partial charge in [-0.15, -0.1) is 0 Å². The van der Waals surface area contributed by atoms with Crippen LogP contribution in [-0.2, 0) is 4.74 Å². The van der Waals surface area contributed by atoms with E-state index in [1.165, 1.54) is 17.5 Å². The van der Waals surface area contributed by atoms with Gasteiger partial charge in [0, 0.05) is 38.1 Å². The van der Waals surface area contributed by atoms with Gasteiger partial charge in [-0.25, -0.2) is 0 Å². The van der Waals surface area contributed by atoms with Crippen molar-refractivity contribution in [3.8, 4) is 0 Å². The third kappa shape index (κ3) is 4.71. The zero-order valence-corrected chi connectivity index (χ0v) is 14.9. The molecule has 1 saturated heterocycles. The van der Waals surface area contributed by atoms with Crippen molar-refractivity contribution in [3.63, 3.8) is 0 Å². The Labute approximate surface area is 145 Å². The second-order valence-electron chi connectivity index (χ2n) is 6.66. The minimum absolute atomic E-state index is 0.507. The third-order valence-electron chi connectivity index (χ3n) is 4.83. The highest BCUT2D eigenvalue weighted by atomic mass is 16.5. The van der Waals surface area contributed by atoms with Gasteiger partial charge in [-0.3, -0.25) is 9.89 Å². The monoisotopic (exact) mass is 330 g/mol. The molecule has 0 spiro atoms. The highest BCUT2D eigenvalue weighted by Gasteiger charge is 2.39. The van der Waals surface area contributed by atoms with Crippen LogP contribution in [0.5, 0.6) is 0 Å². The van der Waals surface area contributed by atoms with Crippen LogP contribution in [-0.4, -0.2) is 62.8 Å². The summed E-state index contributed by atoms with van der Waals surface area (Å²) in [4.78, 5) is 7.17. The lowest BCUT2D eigenvalue weighted by Crippen LogP contribution is -2.41. The topological polar surface area (TPSA) is 48.9 Å². The van der Waals surface area contributed by atoms with Gasteiger partial charge < -0.3 is 15.4 Å². The zero-order chi connectivity index (χ0) is 16.8. The number of aliphatic imine (C=N–C) groups is 1. The van der Waals surface area contributed by atoms with Gasteiger partial charge >= 0.3 is 0 Å². The van der Waals surface area contributed by atoms with Crippen LogP contribution in [0.25, 0.3) is 0 Å². The number of nitrogens with one attached hydrogen (secondary N) is 2. The summed E-state index contributed by atoms with van der Waals surface area (Å²) in [5.74, 6) is 1.57. The molecule has 2 unspecified atom stereocenters. The normalized spacial score (nSPS) is 24.7. The molecule has 2 atom stereocenters. The maximum absolute atomic E-state index is 5.39. The number of guanidine groups is 1. The molecule has 2 aliphatic rings. The number of nitrogens with zero attached hydrogens (tertiary/aromatic N) is 2.